The minimum Gasteiger partial charge on any atom is -0.465 e. The predicted octanol–water partition coefficient (Wildman–Crippen LogP) is 22.1. The monoisotopic (exact) mass is 1080 g/mol. The normalized spacial score (nSPS) is 12.8. The van der Waals surface area contributed by atoms with Crippen molar-refractivity contribution >= 4 is 11.9 Å². The van der Waals surface area contributed by atoms with Crippen molar-refractivity contribution in [1.29, 1.82) is 0 Å². The summed E-state index contributed by atoms with van der Waals surface area (Å²) in [6.45, 7) is 4.85. The maximum Gasteiger partial charge on any atom is 0.305 e. The number of hydrogen-bond acceptors (Lipinski definition) is 5. The van der Waals surface area contributed by atoms with Gasteiger partial charge in [0.15, 0.2) is 0 Å². The lowest BCUT2D eigenvalue weighted by molar-refractivity contribution is -0.143. The van der Waals surface area contributed by atoms with E-state index in [-0.39, 0.29) is 18.5 Å². The zero-order chi connectivity index (χ0) is 55.7. The number of esters is 1. The lowest BCUT2D eigenvalue weighted by Crippen LogP contribution is -2.45. The zero-order valence-corrected chi connectivity index (χ0v) is 51.7. The van der Waals surface area contributed by atoms with Crippen LogP contribution in [0.15, 0.2) is 48.6 Å². The van der Waals surface area contributed by atoms with E-state index in [9.17, 15) is 19.8 Å². The van der Waals surface area contributed by atoms with E-state index in [4.69, 9.17) is 4.74 Å². The average molecular weight is 1080 g/mol. The molecule has 0 radical (unpaired) electrons. The molecule has 0 rings (SSSR count). The molecule has 0 aliphatic rings. The van der Waals surface area contributed by atoms with Crippen molar-refractivity contribution in [3.05, 3.63) is 48.6 Å². The molecule has 6 nitrogen and oxygen atoms in total. The number of hydrogen-bond donors (Lipinski definition) is 3. The van der Waals surface area contributed by atoms with Crippen LogP contribution in [0.4, 0.5) is 0 Å². The number of carbonyl (C=O) groups is 2. The minimum absolute atomic E-state index is 0.0368. The molecular weight excluding hydrogens is 947 g/mol. The summed E-state index contributed by atoms with van der Waals surface area (Å²) in [6.07, 6.45) is 85.8. The lowest BCUT2D eigenvalue weighted by Gasteiger charge is -2.22. The first-order valence-electron chi connectivity index (χ1n) is 34.4. The molecule has 0 heterocycles. The van der Waals surface area contributed by atoms with Crippen LogP contribution in [0.1, 0.15) is 367 Å². The van der Waals surface area contributed by atoms with Crippen LogP contribution >= 0.6 is 0 Å². The summed E-state index contributed by atoms with van der Waals surface area (Å²) in [6, 6.07) is -0.548. The Morgan fingerprint density at radius 2 is 0.649 bits per heavy atom. The maximum atomic E-state index is 12.5. The van der Waals surface area contributed by atoms with Crippen molar-refractivity contribution in [2.24, 2.45) is 0 Å². The fourth-order valence-electron chi connectivity index (χ4n) is 10.6. The molecule has 0 saturated heterocycles. The fourth-order valence-corrected chi connectivity index (χ4v) is 10.6. The molecule has 3 N–H and O–H groups in total. The summed E-state index contributed by atoms with van der Waals surface area (Å²) in [5, 5.41) is 23.4. The van der Waals surface area contributed by atoms with Crippen LogP contribution in [0.3, 0.4) is 0 Å². The molecule has 0 aromatic rings. The van der Waals surface area contributed by atoms with Gasteiger partial charge < -0.3 is 20.3 Å². The second kappa shape index (κ2) is 66.3. The molecule has 452 valence electrons. The Bertz CT molecular complexity index is 1290. The van der Waals surface area contributed by atoms with Crippen LogP contribution in [-0.2, 0) is 14.3 Å². The van der Waals surface area contributed by atoms with Gasteiger partial charge in [0, 0.05) is 12.8 Å². The number of ether oxygens (including phenoxy) is 1. The van der Waals surface area contributed by atoms with E-state index in [1.165, 1.54) is 276 Å². The van der Waals surface area contributed by atoms with Crippen molar-refractivity contribution in [3.8, 4) is 0 Å². The first-order valence-corrected chi connectivity index (χ1v) is 34.4. The highest BCUT2D eigenvalue weighted by Gasteiger charge is 2.20. The van der Waals surface area contributed by atoms with Gasteiger partial charge in [-0.2, -0.15) is 0 Å². The van der Waals surface area contributed by atoms with Crippen LogP contribution < -0.4 is 5.32 Å². The summed E-state index contributed by atoms with van der Waals surface area (Å²) in [7, 11) is 0. The highest BCUT2D eigenvalue weighted by molar-refractivity contribution is 5.76. The Labute approximate surface area is 480 Å². The van der Waals surface area contributed by atoms with Gasteiger partial charge in [-0.3, -0.25) is 9.59 Å². The molecule has 0 aliphatic carbocycles. The maximum absolute atomic E-state index is 12.5. The third-order valence-electron chi connectivity index (χ3n) is 15.9. The van der Waals surface area contributed by atoms with Crippen molar-refractivity contribution in [1.82, 2.24) is 5.32 Å². The van der Waals surface area contributed by atoms with E-state index >= 15 is 0 Å². The first-order chi connectivity index (χ1) is 38.0. The molecule has 0 aromatic heterocycles. The molecule has 2 unspecified atom stereocenters. The first kappa shape index (κ1) is 74.8. The third kappa shape index (κ3) is 62.9. The number of allylic oxidation sites excluding steroid dienone is 7. The van der Waals surface area contributed by atoms with Gasteiger partial charge in [-0.05, 0) is 77.0 Å². The largest absolute Gasteiger partial charge is 0.465 e. The Kier molecular flexibility index (Phi) is 64.5. The molecule has 2 atom stereocenters. The highest BCUT2D eigenvalue weighted by atomic mass is 16.5. The van der Waals surface area contributed by atoms with Crippen molar-refractivity contribution in [2.45, 2.75) is 379 Å². The smallest absolute Gasteiger partial charge is 0.305 e. The van der Waals surface area contributed by atoms with Gasteiger partial charge in [-0.1, -0.05) is 326 Å². The quantitative estimate of drug-likeness (QED) is 0.0320. The molecule has 6 heteroatoms. The predicted molar refractivity (Wildman–Crippen MR) is 338 cm³/mol. The number of carbonyl (C=O) groups excluding carboxylic acids is 2. The molecule has 0 fully saturated rings. The molecule has 77 heavy (non-hydrogen) atoms. The zero-order valence-electron chi connectivity index (χ0n) is 51.7. The summed E-state index contributed by atoms with van der Waals surface area (Å²) in [5.74, 6) is -0.0790. The van der Waals surface area contributed by atoms with Crippen LogP contribution in [-0.4, -0.2) is 47.4 Å². The van der Waals surface area contributed by atoms with Crippen LogP contribution in [0.5, 0.6) is 0 Å². The van der Waals surface area contributed by atoms with Gasteiger partial charge in [0.05, 0.1) is 25.4 Å². The SMILES string of the molecule is CCCCCC/C=C\C/C=C\CCCCCCCCCC(=O)OCC/C=C\C/C=C\CCCCCCCCCCCCCCCCC(=O)NC(CO)C(O)CCCCCCCCCCCCCCCCCCCCCCC. The van der Waals surface area contributed by atoms with E-state index in [0.29, 0.717) is 25.9 Å². The summed E-state index contributed by atoms with van der Waals surface area (Å²) < 4.78 is 5.43. The van der Waals surface area contributed by atoms with Crippen LogP contribution in [0.25, 0.3) is 0 Å². The number of nitrogens with one attached hydrogen (secondary N) is 1. The van der Waals surface area contributed by atoms with E-state index in [1.54, 1.807) is 0 Å². The van der Waals surface area contributed by atoms with Gasteiger partial charge in [0.25, 0.3) is 0 Å². The van der Waals surface area contributed by atoms with Crippen LogP contribution in [0.2, 0.25) is 0 Å². The lowest BCUT2D eigenvalue weighted by atomic mass is 10.0. The summed E-state index contributed by atoms with van der Waals surface area (Å²) >= 11 is 0. The van der Waals surface area contributed by atoms with Crippen molar-refractivity contribution in [2.75, 3.05) is 13.2 Å². The second-order valence-electron chi connectivity index (χ2n) is 23.5. The number of amides is 1. The van der Waals surface area contributed by atoms with Gasteiger partial charge in [0.1, 0.15) is 0 Å². The van der Waals surface area contributed by atoms with E-state index in [0.717, 1.165) is 57.8 Å². The molecule has 0 spiro atoms. The summed E-state index contributed by atoms with van der Waals surface area (Å²) in [5.41, 5.74) is 0. The molecule has 0 saturated carbocycles. The third-order valence-corrected chi connectivity index (χ3v) is 15.9. The second-order valence-corrected chi connectivity index (χ2v) is 23.5. The molecular formula is C71H133NO5. The Morgan fingerprint density at radius 1 is 0.364 bits per heavy atom. The van der Waals surface area contributed by atoms with Gasteiger partial charge in [0.2, 0.25) is 5.91 Å². The van der Waals surface area contributed by atoms with Gasteiger partial charge in [-0.25, -0.2) is 0 Å². The van der Waals surface area contributed by atoms with E-state index in [1.807, 2.05) is 0 Å². The van der Waals surface area contributed by atoms with Gasteiger partial charge in [-0.15, -0.1) is 0 Å². The Morgan fingerprint density at radius 3 is 1.00 bits per heavy atom. The standard InChI is InChI=1S/C71H133NO5/c1-3-5-7-9-11-13-15-17-19-21-23-25-28-31-35-39-43-47-51-55-59-63-69(74)68(67-73)72-70(75)64-60-56-52-48-44-40-36-32-29-26-24-27-30-34-38-42-46-50-54-58-62-66-77-71(76)65-61-57-53-49-45-41-37-33-22-20-18-16-14-12-10-8-6-4-2/h14,16,20,22,42,46,54,58,68-69,73-74H,3-13,15,17-19,21,23-41,43-45,47-53,55-57,59-67H2,1-2H3,(H,72,75)/b16-14-,22-20-,46-42-,58-54-. The summed E-state index contributed by atoms with van der Waals surface area (Å²) in [4.78, 5) is 24.6. The molecule has 0 aliphatic heterocycles. The molecule has 0 aromatic carbocycles. The number of aliphatic hydroxyl groups is 2. The number of unbranched alkanes of at least 4 members (excludes halogenated alkanes) is 45. The topological polar surface area (TPSA) is 95.9 Å². The molecule has 1 amide bonds. The number of aliphatic hydroxyl groups excluding tert-OH is 2. The minimum atomic E-state index is -0.670. The Balaban J connectivity index is 3.45. The van der Waals surface area contributed by atoms with Gasteiger partial charge >= 0.3 is 5.97 Å². The molecule has 0 bridgehead atoms. The van der Waals surface area contributed by atoms with Crippen molar-refractivity contribution in [3.63, 3.8) is 0 Å². The highest BCUT2D eigenvalue weighted by Crippen LogP contribution is 2.18. The fraction of sp³-hybridized carbons (Fsp3) is 0.859. The van der Waals surface area contributed by atoms with Crippen molar-refractivity contribution < 1.29 is 24.5 Å². The number of rotatable bonds is 64. The van der Waals surface area contributed by atoms with Crippen LogP contribution in [0, 0.1) is 0 Å². The van der Waals surface area contributed by atoms with E-state index in [2.05, 4.69) is 67.8 Å². The average Bonchev–Trinajstić information content (AvgIpc) is 3.43. The van der Waals surface area contributed by atoms with E-state index < -0.39 is 12.1 Å². The Hall–Kier alpha value is -2.18.